The molecule has 0 spiro atoms. The molecule has 0 aliphatic carbocycles. The fourth-order valence-electron chi connectivity index (χ4n) is 2.18. The van der Waals surface area contributed by atoms with E-state index in [-0.39, 0.29) is 12.3 Å². The number of aromatic nitrogens is 2. The Morgan fingerprint density at radius 1 is 1.30 bits per heavy atom. The zero-order valence-corrected chi connectivity index (χ0v) is 11.9. The Hall–Kier alpha value is -2.41. The van der Waals surface area contributed by atoms with Gasteiger partial charge in [0.05, 0.1) is 17.7 Å². The van der Waals surface area contributed by atoms with Crippen LogP contribution in [0.2, 0.25) is 0 Å². The van der Waals surface area contributed by atoms with Crippen LogP contribution in [0.3, 0.4) is 0 Å². The molecule has 0 aliphatic heterocycles. The molecule has 1 aromatic heterocycles. The Morgan fingerprint density at radius 3 is 2.45 bits per heavy atom. The molecule has 20 heavy (non-hydrogen) atoms. The molecule has 0 N–H and O–H groups in total. The minimum absolute atomic E-state index is 0.140. The average molecular weight is 267 g/mol. The first-order valence-electron chi connectivity index (χ1n) is 6.54. The summed E-state index contributed by atoms with van der Waals surface area (Å²) in [5.41, 5.74) is 3.61. The topological polar surface area (TPSA) is 58.7 Å². The molecule has 2 aromatic rings. The van der Waals surface area contributed by atoms with Crippen LogP contribution in [0.15, 0.2) is 30.3 Å². The van der Waals surface area contributed by atoms with Gasteiger partial charge in [0.2, 0.25) is 5.91 Å². The van der Waals surface area contributed by atoms with Crippen LogP contribution in [0.5, 0.6) is 0 Å². The lowest BCUT2D eigenvalue weighted by molar-refractivity contribution is 0.0880. The van der Waals surface area contributed by atoms with Crippen LogP contribution < -0.4 is 0 Å². The summed E-state index contributed by atoms with van der Waals surface area (Å²) in [5, 5.41) is 13.5. The van der Waals surface area contributed by atoms with Gasteiger partial charge in [-0.25, -0.2) is 4.68 Å². The second-order valence-corrected chi connectivity index (χ2v) is 5.03. The van der Waals surface area contributed by atoms with Crippen molar-refractivity contribution in [1.29, 1.82) is 5.26 Å². The van der Waals surface area contributed by atoms with Crippen LogP contribution in [0, 0.1) is 32.1 Å². The molecule has 0 amide bonds. The molecule has 0 bridgehead atoms. The van der Waals surface area contributed by atoms with E-state index in [2.05, 4.69) is 11.2 Å². The highest BCUT2D eigenvalue weighted by atomic mass is 16.2. The second kappa shape index (κ2) is 5.70. The molecule has 102 valence electrons. The summed E-state index contributed by atoms with van der Waals surface area (Å²) >= 11 is 0. The first kappa shape index (κ1) is 14.0. The third-order valence-electron chi connectivity index (χ3n) is 3.26. The number of rotatable bonds is 3. The van der Waals surface area contributed by atoms with Crippen LogP contribution in [-0.4, -0.2) is 15.7 Å². The summed E-state index contributed by atoms with van der Waals surface area (Å²) in [7, 11) is 0. The van der Waals surface area contributed by atoms with Crippen molar-refractivity contribution in [2.45, 2.75) is 33.1 Å². The summed E-state index contributed by atoms with van der Waals surface area (Å²) in [4.78, 5) is 12.2. The first-order chi connectivity index (χ1) is 9.51. The average Bonchev–Trinajstić information content (AvgIpc) is 2.76. The van der Waals surface area contributed by atoms with Gasteiger partial charge >= 0.3 is 0 Å². The van der Waals surface area contributed by atoms with Crippen molar-refractivity contribution in [2.75, 3.05) is 0 Å². The van der Waals surface area contributed by atoms with Gasteiger partial charge in [-0.3, -0.25) is 4.79 Å². The molecular weight excluding hydrogens is 250 g/mol. The monoisotopic (exact) mass is 267 g/mol. The van der Waals surface area contributed by atoms with Crippen molar-refractivity contribution in [2.24, 2.45) is 0 Å². The standard InChI is InChI=1S/C16H17N3O/c1-11-4-6-14(7-5-11)15(10-17)9-16(20)19-13(3)8-12(2)18-19/h4-8,15H,9H2,1-3H3/t15-/m0/s1. The number of nitrogens with zero attached hydrogens (tertiary/aromatic N) is 3. The fourth-order valence-corrected chi connectivity index (χ4v) is 2.18. The van der Waals surface area contributed by atoms with Gasteiger partial charge in [0.15, 0.2) is 0 Å². The summed E-state index contributed by atoms with van der Waals surface area (Å²) < 4.78 is 1.38. The molecule has 0 saturated carbocycles. The van der Waals surface area contributed by atoms with Crippen LogP contribution in [0.4, 0.5) is 0 Å². The normalized spacial score (nSPS) is 11.9. The Labute approximate surface area is 118 Å². The lowest BCUT2D eigenvalue weighted by Crippen LogP contribution is -2.17. The van der Waals surface area contributed by atoms with Crippen molar-refractivity contribution in [1.82, 2.24) is 9.78 Å². The first-order valence-corrected chi connectivity index (χ1v) is 6.54. The Balaban J connectivity index is 2.19. The quantitative estimate of drug-likeness (QED) is 0.858. The molecular formula is C16H17N3O. The zero-order valence-electron chi connectivity index (χ0n) is 11.9. The minimum atomic E-state index is -0.438. The van der Waals surface area contributed by atoms with E-state index in [9.17, 15) is 10.1 Å². The SMILES string of the molecule is Cc1ccc([C@H](C#N)CC(=O)n2nc(C)cc2C)cc1. The number of hydrogen-bond acceptors (Lipinski definition) is 3. The molecule has 4 nitrogen and oxygen atoms in total. The maximum absolute atomic E-state index is 12.2. The van der Waals surface area contributed by atoms with Gasteiger partial charge < -0.3 is 0 Å². The Kier molecular flexibility index (Phi) is 3.99. The van der Waals surface area contributed by atoms with Gasteiger partial charge in [0.1, 0.15) is 0 Å². The summed E-state index contributed by atoms with van der Waals surface area (Å²) in [5.74, 6) is -0.588. The number of nitriles is 1. The predicted octanol–water partition coefficient (Wildman–Crippen LogP) is 3.15. The summed E-state index contributed by atoms with van der Waals surface area (Å²) in [6.45, 7) is 5.68. The van der Waals surface area contributed by atoms with E-state index in [1.807, 2.05) is 51.1 Å². The Morgan fingerprint density at radius 2 is 1.95 bits per heavy atom. The number of hydrogen-bond donors (Lipinski definition) is 0. The van der Waals surface area contributed by atoms with Gasteiger partial charge in [-0.1, -0.05) is 29.8 Å². The van der Waals surface area contributed by atoms with E-state index >= 15 is 0 Å². The van der Waals surface area contributed by atoms with E-state index in [0.29, 0.717) is 0 Å². The molecule has 1 heterocycles. The van der Waals surface area contributed by atoms with Crippen LogP contribution in [0.25, 0.3) is 0 Å². The van der Waals surface area contributed by atoms with Gasteiger partial charge in [-0.05, 0) is 32.4 Å². The van der Waals surface area contributed by atoms with Crippen LogP contribution in [0.1, 0.15) is 39.6 Å². The highest BCUT2D eigenvalue weighted by Gasteiger charge is 2.18. The fraction of sp³-hybridized carbons (Fsp3) is 0.312. The summed E-state index contributed by atoms with van der Waals surface area (Å²) in [6.07, 6.45) is 0.140. The van der Waals surface area contributed by atoms with Gasteiger partial charge in [0.25, 0.3) is 0 Å². The van der Waals surface area contributed by atoms with Gasteiger partial charge in [-0.15, -0.1) is 0 Å². The lowest BCUT2D eigenvalue weighted by Gasteiger charge is -2.09. The van der Waals surface area contributed by atoms with E-state index in [4.69, 9.17) is 0 Å². The maximum atomic E-state index is 12.2. The molecule has 4 heteroatoms. The molecule has 0 aliphatic rings. The number of carbonyl (C=O) groups is 1. The second-order valence-electron chi connectivity index (χ2n) is 5.03. The molecule has 2 rings (SSSR count). The largest absolute Gasteiger partial charge is 0.273 e. The van der Waals surface area contributed by atoms with Crippen LogP contribution in [-0.2, 0) is 0 Å². The Bertz CT molecular complexity index is 662. The third kappa shape index (κ3) is 2.94. The van der Waals surface area contributed by atoms with Crippen LogP contribution >= 0.6 is 0 Å². The highest BCUT2D eigenvalue weighted by Crippen LogP contribution is 2.20. The van der Waals surface area contributed by atoms with Gasteiger partial charge in [0, 0.05) is 12.1 Å². The molecule has 1 aromatic carbocycles. The molecule has 0 saturated heterocycles. The molecule has 1 atom stereocenters. The number of aryl methyl sites for hydroxylation is 3. The molecule has 0 radical (unpaired) electrons. The van der Waals surface area contributed by atoms with Crippen molar-refractivity contribution < 1.29 is 4.79 Å². The predicted molar refractivity (Wildman–Crippen MR) is 76.5 cm³/mol. The lowest BCUT2D eigenvalue weighted by atomic mass is 9.96. The van der Waals surface area contributed by atoms with Crippen molar-refractivity contribution in [3.8, 4) is 6.07 Å². The van der Waals surface area contributed by atoms with Crippen molar-refractivity contribution in [3.05, 3.63) is 52.8 Å². The smallest absolute Gasteiger partial charge is 0.248 e. The number of carbonyl (C=O) groups excluding carboxylic acids is 1. The highest BCUT2D eigenvalue weighted by molar-refractivity contribution is 5.80. The van der Waals surface area contributed by atoms with Gasteiger partial charge in [-0.2, -0.15) is 10.4 Å². The zero-order chi connectivity index (χ0) is 14.7. The van der Waals surface area contributed by atoms with E-state index in [1.165, 1.54) is 4.68 Å². The van der Waals surface area contributed by atoms with E-state index < -0.39 is 5.92 Å². The molecule has 0 fully saturated rings. The third-order valence-corrected chi connectivity index (χ3v) is 3.26. The number of benzene rings is 1. The summed E-state index contributed by atoms with van der Waals surface area (Å²) in [6, 6.07) is 11.8. The minimum Gasteiger partial charge on any atom is -0.273 e. The van der Waals surface area contributed by atoms with E-state index in [1.54, 1.807) is 0 Å². The maximum Gasteiger partial charge on any atom is 0.248 e. The van der Waals surface area contributed by atoms with Crippen molar-refractivity contribution in [3.63, 3.8) is 0 Å². The van der Waals surface area contributed by atoms with Crippen molar-refractivity contribution >= 4 is 5.91 Å². The molecule has 0 unspecified atom stereocenters. The van der Waals surface area contributed by atoms with E-state index in [0.717, 1.165) is 22.5 Å².